The molecular formula is C20H14ClFN4O3S. The van der Waals surface area contributed by atoms with Crippen LogP contribution < -0.4 is 10.0 Å². The number of fused-ring (bicyclic) bond motifs is 1. The Balaban J connectivity index is 1.60. The maximum Gasteiger partial charge on any atom is 0.261 e. The van der Waals surface area contributed by atoms with Crippen molar-refractivity contribution in [1.82, 2.24) is 10.2 Å². The molecule has 0 atom stereocenters. The lowest BCUT2D eigenvalue weighted by Crippen LogP contribution is -2.16. The highest BCUT2D eigenvalue weighted by molar-refractivity contribution is 7.92. The minimum absolute atomic E-state index is 0.0108. The SMILES string of the molecule is O=C(Nc1ccc2cn[nH]c2c1)c1cc(S(=O)(=O)Nc2ccc(F)cc2)ccc1Cl. The first-order valence-corrected chi connectivity index (χ1v) is 10.5. The first-order valence-electron chi connectivity index (χ1n) is 8.64. The summed E-state index contributed by atoms with van der Waals surface area (Å²) in [4.78, 5) is 12.5. The molecule has 0 saturated carbocycles. The molecule has 0 spiro atoms. The zero-order valence-corrected chi connectivity index (χ0v) is 16.8. The predicted octanol–water partition coefficient (Wildman–Crippen LogP) is 4.41. The highest BCUT2D eigenvalue weighted by Crippen LogP contribution is 2.24. The molecule has 0 bridgehead atoms. The van der Waals surface area contributed by atoms with Crippen LogP contribution in [0.5, 0.6) is 0 Å². The lowest BCUT2D eigenvalue weighted by Gasteiger charge is -2.11. The highest BCUT2D eigenvalue weighted by atomic mass is 35.5. The number of benzene rings is 3. The number of carbonyl (C=O) groups excluding carboxylic acids is 1. The van der Waals surface area contributed by atoms with Gasteiger partial charge >= 0.3 is 0 Å². The number of anilines is 2. The molecule has 1 heterocycles. The Labute approximate surface area is 175 Å². The van der Waals surface area contributed by atoms with E-state index in [4.69, 9.17) is 11.6 Å². The summed E-state index contributed by atoms with van der Waals surface area (Å²) < 4.78 is 40.7. The molecule has 1 amide bonds. The molecule has 30 heavy (non-hydrogen) atoms. The Hall–Kier alpha value is -3.43. The molecule has 152 valence electrons. The Kier molecular flexibility index (Phi) is 5.15. The van der Waals surface area contributed by atoms with Crippen molar-refractivity contribution >= 4 is 49.8 Å². The van der Waals surface area contributed by atoms with Gasteiger partial charge in [-0.1, -0.05) is 11.6 Å². The number of hydrogen-bond donors (Lipinski definition) is 3. The number of aromatic amines is 1. The van der Waals surface area contributed by atoms with Crippen LogP contribution in [0.25, 0.3) is 10.9 Å². The minimum atomic E-state index is -4.02. The molecule has 3 aromatic carbocycles. The number of amides is 1. The number of halogens is 2. The Morgan fingerprint density at radius 1 is 1.00 bits per heavy atom. The predicted molar refractivity (Wildman–Crippen MR) is 113 cm³/mol. The molecule has 0 aliphatic carbocycles. The zero-order valence-electron chi connectivity index (χ0n) is 15.2. The molecule has 0 aliphatic heterocycles. The fourth-order valence-corrected chi connectivity index (χ4v) is 4.08. The molecule has 0 unspecified atom stereocenters. The van der Waals surface area contributed by atoms with Gasteiger partial charge in [0.2, 0.25) is 0 Å². The zero-order chi connectivity index (χ0) is 21.3. The van der Waals surface area contributed by atoms with E-state index in [1.807, 2.05) is 0 Å². The van der Waals surface area contributed by atoms with E-state index in [1.165, 1.54) is 30.3 Å². The van der Waals surface area contributed by atoms with E-state index in [1.54, 1.807) is 24.4 Å². The summed E-state index contributed by atoms with van der Waals surface area (Å²) in [5.74, 6) is -1.06. The van der Waals surface area contributed by atoms with E-state index >= 15 is 0 Å². The second-order valence-corrected chi connectivity index (χ2v) is 8.47. The average molecular weight is 445 g/mol. The number of H-pyrrole nitrogens is 1. The summed E-state index contributed by atoms with van der Waals surface area (Å²) in [6.07, 6.45) is 1.65. The average Bonchev–Trinajstić information content (AvgIpc) is 3.17. The van der Waals surface area contributed by atoms with Crippen molar-refractivity contribution in [1.29, 1.82) is 0 Å². The van der Waals surface area contributed by atoms with E-state index in [9.17, 15) is 17.6 Å². The fourth-order valence-electron chi connectivity index (χ4n) is 2.79. The smallest absolute Gasteiger partial charge is 0.261 e. The fraction of sp³-hybridized carbons (Fsp3) is 0. The molecule has 7 nitrogen and oxygen atoms in total. The van der Waals surface area contributed by atoms with Gasteiger partial charge in [-0.2, -0.15) is 5.10 Å². The molecule has 3 N–H and O–H groups in total. The first kappa shape index (κ1) is 19.9. The van der Waals surface area contributed by atoms with Gasteiger partial charge in [0, 0.05) is 16.8 Å². The van der Waals surface area contributed by atoms with E-state index in [0.717, 1.165) is 23.0 Å². The van der Waals surface area contributed by atoms with Crippen molar-refractivity contribution < 1.29 is 17.6 Å². The maximum absolute atomic E-state index is 13.0. The van der Waals surface area contributed by atoms with E-state index in [2.05, 4.69) is 20.2 Å². The largest absolute Gasteiger partial charge is 0.322 e. The van der Waals surface area contributed by atoms with Crippen LogP contribution in [0.4, 0.5) is 15.8 Å². The van der Waals surface area contributed by atoms with Gasteiger partial charge in [0.05, 0.1) is 27.2 Å². The van der Waals surface area contributed by atoms with Gasteiger partial charge in [-0.3, -0.25) is 14.6 Å². The number of rotatable bonds is 5. The van der Waals surface area contributed by atoms with Gasteiger partial charge in [0.15, 0.2) is 0 Å². The first-order chi connectivity index (χ1) is 14.3. The molecule has 4 rings (SSSR count). The topological polar surface area (TPSA) is 104 Å². The molecular weight excluding hydrogens is 431 g/mol. The van der Waals surface area contributed by atoms with Crippen molar-refractivity contribution in [2.24, 2.45) is 0 Å². The van der Waals surface area contributed by atoms with Gasteiger partial charge in [-0.15, -0.1) is 0 Å². The van der Waals surface area contributed by atoms with Gasteiger partial charge in [-0.25, -0.2) is 12.8 Å². The van der Waals surface area contributed by atoms with Crippen molar-refractivity contribution in [3.8, 4) is 0 Å². The lowest BCUT2D eigenvalue weighted by molar-refractivity contribution is 0.102. The van der Waals surface area contributed by atoms with Crippen LogP contribution >= 0.6 is 11.6 Å². The number of nitrogens with one attached hydrogen (secondary N) is 3. The van der Waals surface area contributed by atoms with Crippen LogP contribution in [0.15, 0.2) is 71.8 Å². The van der Waals surface area contributed by atoms with Crippen LogP contribution in [-0.4, -0.2) is 24.5 Å². The lowest BCUT2D eigenvalue weighted by atomic mass is 10.2. The van der Waals surface area contributed by atoms with Crippen LogP contribution in [0.3, 0.4) is 0 Å². The monoisotopic (exact) mass is 444 g/mol. The Morgan fingerprint density at radius 3 is 2.50 bits per heavy atom. The summed E-state index contributed by atoms with van der Waals surface area (Å²) in [7, 11) is -4.02. The summed E-state index contributed by atoms with van der Waals surface area (Å²) >= 11 is 6.13. The third-order valence-electron chi connectivity index (χ3n) is 4.29. The second kappa shape index (κ2) is 7.77. The standard InChI is InChI=1S/C20H14ClFN4O3S/c21-18-8-7-16(30(28,29)26-14-5-2-13(22)3-6-14)10-17(18)20(27)24-15-4-1-12-11-23-25-19(12)9-15/h1-11,26H,(H,23,25)(H,24,27). The van der Waals surface area contributed by atoms with Gasteiger partial charge in [0.1, 0.15) is 5.82 Å². The summed E-state index contributed by atoms with van der Waals surface area (Å²) in [5.41, 5.74) is 1.40. The normalized spacial score (nSPS) is 11.4. The Bertz CT molecular complexity index is 1350. The van der Waals surface area contributed by atoms with Crippen LogP contribution in [0.1, 0.15) is 10.4 Å². The molecule has 10 heteroatoms. The quantitative estimate of drug-likeness (QED) is 0.424. The number of sulfonamides is 1. The van der Waals surface area contributed by atoms with Gasteiger partial charge in [0.25, 0.3) is 15.9 Å². The number of hydrogen-bond acceptors (Lipinski definition) is 4. The van der Waals surface area contributed by atoms with Crippen molar-refractivity contribution in [2.75, 3.05) is 10.0 Å². The number of aromatic nitrogens is 2. The van der Waals surface area contributed by atoms with E-state index < -0.39 is 21.7 Å². The molecule has 0 aliphatic rings. The Morgan fingerprint density at radius 2 is 1.73 bits per heavy atom. The van der Waals surface area contributed by atoms with Gasteiger partial charge < -0.3 is 5.32 Å². The van der Waals surface area contributed by atoms with Crippen molar-refractivity contribution in [3.05, 3.63) is 83.3 Å². The second-order valence-electron chi connectivity index (χ2n) is 6.38. The maximum atomic E-state index is 13.0. The molecule has 0 saturated heterocycles. The highest BCUT2D eigenvalue weighted by Gasteiger charge is 2.19. The molecule has 0 radical (unpaired) electrons. The van der Waals surface area contributed by atoms with E-state index in [0.29, 0.717) is 5.69 Å². The third-order valence-corrected chi connectivity index (χ3v) is 6.00. The third kappa shape index (κ3) is 4.12. The minimum Gasteiger partial charge on any atom is -0.322 e. The molecule has 1 aromatic heterocycles. The van der Waals surface area contributed by atoms with Crippen molar-refractivity contribution in [2.45, 2.75) is 4.90 Å². The van der Waals surface area contributed by atoms with Crippen LogP contribution in [-0.2, 0) is 10.0 Å². The van der Waals surface area contributed by atoms with Crippen molar-refractivity contribution in [3.63, 3.8) is 0 Å². The number of nitrogens with zero attached hydrogens (tertiary/aromatic N) is 1. The van der Waals surface area contributed by atoms with Crippen LogP contribution in [0.2, 0.25) is 5.02 Å². The molecule has 4 aromatic rings. The number of carbonyl (C=O) groups is 1. The summed E-state index contributed by atoms with van der Waals surface area (Å²) in [6, 6.07) is 13.8. The summed E-state index contributed by atoms with van der Waals surface area (Å²) in [5, 5.41) is 10.4. The summed E-state index contributed by atoms with van der Waals surface area (Å²) in [6.45, 7) is 0. The molecule has 0 fully saturated rings. The van der Waals surface area contributed by atoms with E-state index in [-0.39, 0.29) is 21.2 Å². The van der Waals surface area contributed by atoms with Gasteiger partial charge in [-0.05, 0) is 60.7 Å². The van der Waals surface area contributed by atoms with Crippen LogP contribution in [0, 0.1) is 5.82 Å².